The van der Waals surface area contributed by atoms with Crippen LogP contribution >= 0.6 is 0 Å². The molecule has 1 unspecified atom stereocenters. The van der Waals surface area contributed by atoms with E-state index in [0.29, 0.717) is 6.10 Å². The van der Waals surface area contributed by atoms with E-state index in [9.17, 15) is 0 Å². The standard InChI is InChI=1S/C18H25N3O/c1-20(13-11-18-9-5-6-14-22-18)15-17-10-12-19-21(17)16-7-3-2-4-8-16/h2-4,7-8,10,12,18H,5-6,9,11,13-15H2,1H3. The molecule has 1 aromatic heterocycles. The van der Waals surface area contributed by atoms with Gasteiger partial charge >= 0.3 is 0 Å². The average molecular weight is 299 g/mol. The molecule has 1 aliphatic heterocycles. The molecule has 0 bridgehead atoms. The van der Waals surface area contributed by atoms with E-state index in [1.54, 1.807) is 0 Å². The third-order valence-corrected chi connectivity index (χ3v) is 4.26. The molecule has 3 rings (SSSR count). The SMILES string of the molecule is CN(CCC1CCCCO1)Cc1ccnn1-c1ccccc1. The van der Waals surface area contributed by atoms with Gasteiger partial charge in [-0.05, 0) is 50.9 Å². The molecule has 4 nitrogen and oxygen atoms in total. The summed E-state index contributed by atoms with van der Waals surface area (Å²) < 4.78 is 7.83. The maximum Gasteiger partial charge on any atom is 0.0649 e. The molecule has 1 saturated heterocycles. The monoisotopic (exact) mass is 299 g/mol. The fraction of sp³-hybridized carbons (Fsp3) is 0.500. The molecule has 0 spiro atoms. The van der Waals surface area contributed by atoms with Gasteiger partial charge in [0.15, 0.2) is 0 Å². The Balaban J connectivity index is 1.55. The Hall–Kier alpha value is -1.65. The lowest BCUT2D eigenvalue weighted by atomic mass is 10.1. The maximum atomic E-state index is 5.81. The molecule has 1 aliphatic rings. The lowest BCUT2D eigenvalue weighted by Gasteiger charge is -2.25. The van der Waals surface area contributed by atoms with Crippen LogP contribution in [0.3, 0.4) is 0 Å². The van der Waals surface area contributed by atoms with Crippen LogP contribution in [0.1, 0.15) is 31.4 Å². The third-order valence-electron chi connectivity index (χ3n) is 4.26. The van der Waals surface area contributed by atoms with Crippen LogP contribution in [0.5, 0.6) is 0 Å². The second kappa shape index (κ2) is 7.56. The minimum atomic E-state index is 0.454. The zero-order chi connectivity index (χ0) is 15.2. The first-order chi connectivity index (χ1) is 10.8. The van der Waals surface area contributed by atoms with Crippen LogP contribution in [0.15, 0.2) is 42.6 Å². The van der Waals surface area contributed by atoms with Crippen LogP contribution in [-0.2, 0) is 11.3 Å². The summed E-state index contributed by atoms with van der Waals surface area (Å²) in [7, 11) is 2.17. The zero-order valence-corrected chi connectivity index (χ0v) is 13.3. The second-order valence-electron chi connectivity index (χ2n) is 6.08. The van der Waals surface area contributed by atoms with Crippen LogP contribution in [0, 0.1) is 0 Å². The van der Waals surface area contributed by atoms with Crippen LogP contribution < -0.4 is 0 Å². The molecule has 118 valence electrons. The fourth-order valence-electron chi connectivity index (χ4n) is 3.01. The number of aromatic nitrogens is 2. The summed E-state index contributed by atoms with van der Waals surface area (Å²) in [6.45, 7) is 2.90. The van der Waals surface area contributed by atoms with Crippen molar-refractivity contribution in [2.24, 2.45) is 0 Å². The van der Waals surface area contributed by atoms with Gasteiger partial charge in [0.2, 0.25) is 0 Å². The van der Waals surface area contributed by atoms with Crippen LogP contribution in [0.25, 0.3) is 5.69 Å². The van der Waals surface area contributed by atoms with Crippen LogP contribution in [0.2, 0.25) is 0 Å². The molecular formula is C18H25N3O. The van der Waals surface area contributed by atoms with Crippen molar-refractivity contribution in [1.29, 1.82) is 0 Å². The number of benzene rings is 1. The highest BCUT2D eigenvalue weighted by Crippen LogP contribution is 2.17. The lowest BCUT2D eigenvalue weighted by molar-refractivity contribution is 0.00633. The van der Waals surface area contributed by atoms with Crippen molar-refractivity contribution in [3.63, 3.8) is 0 Å². The smallest absolute Gasteiger partial charge is 0.0649 e. The molecule has 2 aromatic rings. The summed E-state index contributed by atoms with van der Waals surface area (Å²) in [5.74, 6) is 0. The highest BCUT2D eigenvalue weighted by Gasteiger charge is 2.15. The van der Waals surface area contributed by atoms with Gasteiger partial charge in [-0.3, -0.25) is 0 Å². The first kappa shape index (κ1) is 15.3. The maximum absolute atomic E-state index is 5.81. The van der Waals surface area contributed by atoms with E-state index in [2.05, 4.69) is 35.2 Å². The van der Waals surface area contributed by atoms with Crippen molar-refractivity contribution in [3.8, 4) is 5.69 Å². The Bertz CT molecular complexity index is 561. The molecule has 22 heavy (non-hydrogen) atoms. The Morgan fingerprint density at radius 2 is 2.09 bits per heavy atom. The quantitative estimate of drug-likeness (QED) is 0.820. The minimum Gasteiger partial charge on any atom is -0.378 e. The molecule has 0 saturated carbocycles. The number of hydrogen-bond acceptors (Lipinski definition) is 3. The molecular weight excluding hydrogens is 274 g/mol. The van der Waals surface area contributed by atoms with Crippen molar-refractivity contribution in [3.05, 3.63) is 48.3 Å². The average Bonchev–Trinajstić information content (AvgIpc) is 3.03. The minimum absolute atomic E-state index is 0.454. The van der Waals surface area contributed by atoms with Gasteiger partial charge in [0, 0.05) is 25.9 Å². The molecule has 1 atom stereocenters. The molecule has 0 N–H and O–H groups in total. The third kappa shape index (κ3) is 3.96. The molecule has 4 heteroatoms. The van der Waals surface area contributed by atoms with Gasteiger partial charge in [-0.1, -0.05) is 18.2 Å². The summed E-state index contributed by atoms with van der Waals surface area (Å²) in [4.78, 5) is 2.36. The van der Waals surface area contributed by atoms with Crippen molar-refractivity contribution < 1.29 is 4.74 Å². The van der Waals surface area contributed by atoms with E-state index >= 15 is 0 Å². The number of ether oxygens (including phenoxy) is 1. The predicted octanol–water partition coefficient (Wildman–Crippen LogP) is 3.26. The highest BCUT2D eigenvalue weighted by molar-refractivity contribution is 5.32. The molecule has 1 fully saturated rings. The number of nitrogens with zero attached hydrogens (tertiary/aromatic N) is 3. The van der Waals surface area contributed by atoms with E-state index in [0.717, 1.165) is 31.8 Å². The summed E-state index contributed by atoms with van der Waals surface area (Å²) in [5.41, 5.74) is 2.34. The van der Waals surface area contributed by atoms with Gasteiger partial charge in [-0.25, -0.2) is 4.68 Å². The summed E-state index contributed by atoms with van der Waals surface area (Å²) >= 11 is 0. The van der Waals surface area contributed by atoms with Crippen LogP contribution in [-0.4, -0.2) is 41.0 Å². The van der Waals surface area contributed by atoms with Gasteiger partial charge in [0.1, 0.15) is 0 Å². The van der Waals surface area contributed by atoms with E-state index < -0.39 is 0 Å². The Labute approximate surface area is 132 Å². The number of para-hydroxylation sites is 1. The molecule has 0 radical (unpaired) electrons. The van der Waals surface area contributed by atoms with E-state index in [1.807, 2.05) is 29.1 Å². The van der Waals surface area contributed by atoms with E-state index in [4.69, 9.17) is 4.74 Å². The predicted molar refractivity (Wildman–Crippen MR) is 88.1 cm³/mol. The summed E-state index contributed by atoms with van der Waals surface area (Å²) in [6.07, 6.45) is 7.21. The Morgan fingerprint density at radius 1 is 1.23 bits per heavy atom. The normalized spacial score (nSPS) is 18.7. The number of rotatable bonds is 6. The summed E-state index contributed by atoms with van der Waals surface area (Å²) in [5, 5.41) is 4.45. The van der Waals surface area contributed by atoms with Gasteiger partial charge < -0.3 is 9.64 Å². The Morgan fingerprint density at radius 3 is 2.86 bits per heavy atom. The fourth-order valence-corrected chi connectivity index (χ4v) is 3.01. The van der Waals surface area contributed by atoms with Crippen molar-refractivity contribution in [1.82, 2.24) is 14.7 Å². The topological polar surface area (TPSA) is 30.3 Å². The van der Waals surface area contributed by atoms with Gasteiger partial charge in [0.05, 0.1) is 17.5 Å². The van der Waals surface area contributed by atoms with Crippen molar-refractivity contribution >= 4 is 0 Å². The van der Waals surface area contributed by atoms with E-state index in [1.165, 1.54) is 25.0 Å². The van der Waals surface area contributed by atoms with Crippen LogP contribution in [0.4, 0.5) is 0 Å². The second-order valence-corrected chi connectivity index (χ2v) is 6.08. The van der Waals surface area contributed by atoms with E-state index in [-0.39, 0.29) is 0 Å². The van der Waals surface area contributed by atoms with Gasteiger partial charge in [0.25, 0.3) is 0 Å². The highest BCUT2D eigenvalue weighted by atomic mass is 16.5. The molecule has 0 aliphatic carbocycles. The first-order valence-electron chi connectivity index (χ1n) is 8.21. The summed E-state index contributed by atoms with van der Waals surface area (Å²) in [6, 6.07) is 12.4. The number of hydrogen-bond donors (Lipinski definition) is 0. The molecule has 2 heterocycles. The zero-order valence-electron chi connectivity index (χ0n) is 13.3. The van der Waals surface area contributed by atoms with Crippen molar-refractivity contribution in [2.75, 3.05) is 20.2 Å². The van der Waals surface area contributed by atoms with Crippen molar-refractivity contribution in [2.45, 2.75) is 38.3 Å². The first-order valence-corrected chi connectivity index (χ1v) is 8.21. The molecule has 0 amide bonds. The largest absolute Gasteiger partial charge is 0.378 e. The molecule has 1 aromatic carbocycles. The lowest BCUT2D eigenvalue weighted by Crippen LogP contribution is -2.27. The van der Waals surface area contributed by atoms with Gasteiger partial charge in [-0.15, -0.1) is 0 Å². The Kier molecular flexibility index (Phi) is 5.24. The van der Waals surface area contributed by atoms with Gasteiger partial charge in [-0.2, -0.15) is 5.10 Å².